The number of carbonyl (C=O) groups excluding carboxylic acids is 1. The lowest BCUT2D eigenvalue weighted by Crippen LogP contribution is -2.34. The van der Waals surface area contributed by atoms with E-state index in [1.807, 2.05) is 52.0 Å². The minimum Gasteiger partial charge on any atom is -0.494 e. The van der Waals surface area contributed by atoms with Gasteiger partial charge in [0.25, 0.3) is 0 Å². The second-order valence-corrected chi connectivity index (χ2v) is 4.97. The van der Waals surface area contributed by atoms with Crippen LogP contribution in [-0.2, 0) is 11.3 Å². The van der Waals surface area contributed by atoms with Crippen LogP contribution in [0, 0.1) is 5.41 Å². The third kappa shape index (κ3) is 4.10. The number of benzene rings is 1. The normalized spacial score (nSPS) is 11.1. The molecule has 17 heavy (non-hydrogen) atoms. The maximum Gasteiger partial charge on any atom is 0.225 e. The minimum absolute atomic E-state index is 0.0452. The van der Waals surface area contributed by atoms with Crippen LogP contribution in [0.15, 0.2) is 24.3 Å². The van der Waals surface area contributed by atoms with Crippen molar-refractivity contribution < 1.29 is 9.53 Å². The van der Waals surface area contributed by atoms with Crippen molar-refractivity contribution in [3.63, 3.8) is 0 Å². The highest BCUT2D eigenvalue weighted by Gasteiger charge is 2.20. The summed E-state index contributed by atoms with van der Waals surface area (Å²) >= 11 is 0. The molecule has 0 aliphatic heterocycles. The van der Waals surface area contributed by atoms with Crippen molar-refractivity contribution in [3.8, 4) is 5.75 Å². The maximum atomic E-state index is 11.8. The first kappa shape index (κ1) is 13.6. The van der Waals surface area contributed by atoms with Crippen LogP contribution in [0.3, 0.4) is 0 Å². The highest BCUT2D eigenvalue weighted by molar-refractivity contribution is 5.81. The molecular formula is C14H21NO2. The minimum atomic E-state index is -0.361. The zero-order valence-electron chi connectivity index (χ0n) is 11.0. The molecule has 0 fully saturated rings. The molecule has 1 aromatic rings. The molecule has 0 saturated heterocycles. The first-order chi connectivity index (χ1) is 7.95. The monoisotopic (exact) mass is 235 g/mol. The van der Waals surface area contributed by atoms with Gasteiger partial charge in [-0.05, 0) is 13.0 Å². The van der Waals surface area contributed by atoms with Gasteiger partial charge >= 0.3 is 0 Å². The van der Waals surface area contributed by atoms with E-state index in [1.165, 1.54) is 0 Å². The van der Waals surface area contributed by atoms with Gasteiger partial charge in [0.1, 0.15) is 5.75 Å². The molecule has 0 aromatic heterocycles. The summed E-state index contributed by atoms with van der Waals surface area (Å²) in [5, 5.41) is 2.92. The Balaban J connectivity index is 2.66. The van der Waals surface area contributed by atoms with E-state index in [9.17, 15) is 4.79 Å². The van der Waals surface area contributed by atoms with Gasteiger partial charge in [-0.3, -0.25) is 4.79 Å². The molecule has 0 bridgehead atoms. The van der Waals surface area contributed by atoms with E-state index in [2.05, 4.69) is 5.32 Å². The zero-order valence-corrected chi connectivity index (χ0v) is 11.0. The molecule has 0 heterocycles. The molecule has 0 radical (unpaired) electrons. The highest BCUT2D eigenvalue weighted by atomic mass is 16.5. The zero-order chi connectivity index (χ0) is 12.9. The Bertz CT molecular complexity index is 380. The summed E-state index contributed by atoms with van der Waals surface area (Å²) in [6, 6.07) is 7.76. The summed E-state index contributed by atoms with van der Waals surface area (Å²) in [6.45, 7) is 8.78. The molecule has 3 heteroatoms. The molecule has 0 aliphatic carbocycles. The number of hydrogen-bond donors (Lipinski definition) is 1. The average molecular weight is 235 g/mol. The van der Waals surface area contributed by atoms with Crippen LogP contribution in [-0.4, -0.2) is 12.5 Å². The van der Waals surface area contributed by atoms with E-state index in [1.54, 1.807) is 0 Å². The number of ether oxygens (including phenoxy) is 1. The van der Waals surface area contributed by atoms with Gasteiger partial charge in [-0.2, -0.15) is 0 Å². The van der Waals surface area contributed by atoms with Crippen LogP contribution < -0.4 is 10.1 Å². The van der Waals surface area contributed by atoms with Gasteiger partial charge in [0.2, 0.25) is 5.91 Å². The number of amides is 1. The Morgan fingerprint density at radius 3 is 2.53 bits per heavy atom. The molecule has 1 rings (SSSR count). The molecule has 0 unspecified atom stereocenters. The van der Waals surface area contributed by atoms with E-state index >= 15 is 0 Å². The SMILES string of the molecule is CCOc1ccccc1CNC(=O)C(C)(C)C. The molecule has 1 aromatic carbocycles. The summed E-state index contributed by atoms with van der Waals surface area (Å²) < 4.78 is 5.50. The van der Waals surface area contributed by atoms with E-state index < -0.39 is 0 Å². The Hall–Kier alpha value is -1.51. The summed E-state index contributed by atoms with van der Waals surface area (Å²) in [5.41, 5.74) is 0.646. The number of carbonyl (C=O) groups is 1. The van der Waals surface area contributed by atoms with Gasteiger partial charge in [0, 0.05) is 17.5 Å². The van der Waals surface area contributed by atoms with E-state index in [4.69, 9.17) is 4.74 Å². The predicted octanol–water partition coefficient (Wildman–Crippen LogP) is 2.75. The number of nitrogens with one attached hydrogen (secondary N) is 1. The maximum absolute atomic E-state index is 11.8. The second kappa shape index (κ2) is 5.71. The highest BCUT2D eigenvalue weighted by Crippen LogP contribution is 2.18. The Kier molecular flexibility index (Phi) is 4.55. The van der Waals surface area contributed by atoms with E-state index in [0.717, 1.165) is 11.3 Å². The predicted molar refractivity (Wildman–Crippen MR) is 68.9 cm³/mol. The molecule has 1 N–H and O–H groups in total. The fraction of sp³-hybridized carbons (Fsp3) is 0.500. The number of rotatable bonds is 4. The molecular weight excluding hydrogens is 214 g/mol. The van der Waals surface area contributed by atoms with Crippen LogP contribution in [0.4, 0.5) is 0 Å². The Labute approximate surface area is 103 Å². The lowest BCUT2D eigenvalue weighted by Gasteiger charge is -2.18. The van der Waals surface area contributed by atoms with Crippen LogP contribution in [0.1, 0.15) is 33.3 Å². The van der Waals surface area contributed by atoms with Crippen molar-refractivity contribution in [2.75, 3.05) is 6.61 Å². The summed E-state index contributed by atoms with van der Waals surface area (Å²) in [7, 11) is 0. The van der Waals surface area contributed by atoms with Crippen molar-refractivity contribution >= 4 is 5.91 Å². The van der Waals surface area contributed by atoms with Gasteiger partial charge in [0.15, 0.2) is 0 Å². The van der Waals surface area contributed by atoms with Gasteiger partial charge in [-0.15, -0.1) is 0 Å². The molecule has 0 atom stereocenters. The number of para-hydroxylation sites is 1. The van der Waals surface area contributed by atoms with Crippen LogP contribution in [0.5, 0.6) is 5.75 Å². The van der Waals surface area contributed by atoms with Crippen LogP contribution in [0.2, 0.25) is 0 Å². The first-order valence-corrected chi connectivity index (χ1v) is 5.94. The molecule has 3 nitrogen and oxygen atoms in total. The second-order valence-electron chi connectivity index (χ2n) is 4.97. The van der Waals surface area contributed by atoms with Crippen molar-refractivity contribution in [3.05, 3.63) is 29.8 Å². The fourth-order valence-electron chi connectivity index (χ4n) is 1.39. The Morgan fingerprint density at radius 2 is 1.94 bits per heavy atom. The standard InChI is InChI=1S/C14H21NO2/c1-5-17-12-9-7-6-8-11(12)10-15-13(16)14(2,3)4/h6-9H,5,10H2,1-4H3,(H,15,16). The smallest absolute Gasteiger partial charge is 0.225 e. The van der Waals surface area contributed by atoms with Gasteiger partial charge in [0.05, 0.1) is 6.61 Å². The molecule has 1 amide bonds. The van der Waals surface area contributed by atoms with Crippen LogP contribution in [0.25, 0.3) is 0 Å². The van der Waals surface area contributed by atoms with Crippen LogP contribution >= 0.6 is 0 Å². The summed E-state index contributed by atoms with van der Waals surface area (Å²) in [6.07, 6.45) is 0. The third-order valence-electron chi connectivity index (χ3n) is 2.39. The topological polar surface area (TPSA) is 38.3 Å². The fourth-order valence-corrected chi connectivity index (χ4v) is 1.39. The Morgan fingerprint density at radius 1 is 1.29 bits per heavy atom. The largest absolute Gasteiger partial charge is 0.494 e. The lowest BCUT2D eigenvalue weighted by atomic mass is 9.95. The molecule has 94 valence electrons. The van der Waals surface area contributed by atoms with E-state index in [0.29, 0.717) is 13.2 Å². The first-order valence-electron chi connectivity index (χ1n) is 5.94. The van der Waals surface area contributed by atoms with Gasteiger partial charge in [-0.25, -0.2) is 0 Å². The molecule has 0 aliphatic rings. The van der Waals surface area contributed by atoms with E-state index in [-0.39, 0.29) is 11.3 Å². The molecule has 0 saturated carbocycles. The summed E-state index contributed by atoms with van der Waals surface area (Å²) in [4.78, 5) is 11.8. The van der Waals surface area contributed by atoms with Gasteiger partial charge in [-0.1, -0.05) is 39.0 Å². The van der Waals surface area contributed by atoms with Crippen molar-refractivity contribution in [2.45, 2.75) is 34.2 Å². The lowest BCUT2D eigenvalue weighted by molar-refractivity contribution is -0.128. The summed E-state index contributed by atoms with van der Waals surface area (Å²) in [5.74, 6) is 0.882. The average Bonchev–Trinajstić information content (AvgIpc) is 2.26. The molecule has 0 spiro atoms. The van der Waals surface area contributed by atoms with Crippen molar-refractivity contribution in [1.29, 1.82) is 0 Å². The van der Waals surface area contributed by atoms with Gasteiger partial charge < -0.3 is 10.1 Å². The quantitative estimate of drug-likeness (QED) is 0.871. The number of hydrogen-bond acceptors (Lipinski definition) is 2. The third-order valence-corrected chi connectivity index (χ3v) is 2.39. The van der Waals surface area contributed by atoms with Crippen molar-refractivity contribution in [1.82, 2.24) is 5.32 Å². The van der Waals surface area contributed by atoms with Crippen molar-refractivity contribution in [2.24, 2.45) is 5.41 Å².